The SMILES string of the molecule is CCN(C(=O)[C@@H](C)Sc1nnc(COc2ccc(OC)cc2)n1C)[C@@H]1CCS(=O)(=O)C1. The summed E-state index contributed by atoms with van der Waals surface area (Å²) in [6.45, 7) is 4.39. The van der Waals surface area contributed by atoms with Crippen LogP contribution in [0, 0.1) is 0 Å². The number of hydrogen-bond acceptors (Lipinski definition) is 8. The van der Waals surface area contributed by atoms with Crippen molar-refractivity contribution in [2.24, 2.45) is 7.05 Å². The van der Waals surface area contributed by atoms with Crippen LogP contribution in [-0.2, 0) is 28.3 Å². The number of benzene rings is 1. The topological polar surface area (TPSA) is 104 Å². The summed E-state index contributed by atoms with van der Waals surface area (Å²) < 4.78 is 36.3. The van der Waals surface area contributed by atoms with E-state index in [-0.39, 0.29) is 30.1 Å². The molecule has 0 radical (unpaired) electrons. The molecule has 31 heavy (non-hydrogen) atoms. The first kappa shape index (κ1) is 23.4. The normalized spacial score (nSPS) is 18.5. The van der Waals surface area contributed by atoms with E-state index in [2.05, 4.69) is 10.2 Å². The molecule has 1 aliphatic rings. The fraction of sp³-hybridized carbons (Fsp3) is 0.550. The molecular weight excluding hydrogens is 440 g/mol. The summed E-state index contributed by atoms with van der Waals surface area (Å²) in [7, 11) is 0.380. The lowest BCUT2D eigenvalue weighted by molar-refractivity contribution is -0.131. The number of ether oxygens (including phenoxy) is 2. The van der Waals surface area contributed by atoms with Crippen molar-refractivity contribution < 1.29 is 22.7 Å². The van der Waals surface area contributed by atoms with E-state index in [0.717, 1.165) is 5.75 Å². The van der Waals surface area contributed by atoms with E-state index < -0.39 is 15.1 Å². The van der Waals surface area contributed by atoms with Gasteiger partial charge in [0.1, 0.15) is 18.1 Å². The average Bonchev–Trinajstić information content (AvgIpc) is 3.29. The second kappa shape index (κ2) is 9.90. The third kappa shape index (κ3) is 5.70. The number of hydrogen-bond donors (Lipinski definition) is 0. The number of amides is 1. The largest absolute Gasteiger partial charge is 0.497 e. The van der Waals surface area contributed by atoms with Crippen molar-refractivity contribution in [3.05, 3.63) is 30.1 Å². The number of thioether (sulfide) groups is 1. The average molecular weight is 469 g/mol. The molecule has 0 N–H and O–H groups in total. The Morgan fingerprint density at radius 2 is 1.97 bits per heavy atom. The Hall–Kier alpha value is -2.27. The monoisotopic (exact) mass is 468 g/mol. The van der Waals surface area contributed by atoms with Crippen molar-refractivity contribution in [3.63, 3.8) is 0 Å². The predicted molar refractivity (Wildman–Crippen MR) is 118 cm³/mol. The van der Waals surface area contributed by atoms with E-state index in [4.69, 9.17) is 9.47 Å². The molecular formula is C20H28N4O5S2. The fourth-order valence-corrected chi connectivity index (χ4v) is 6.09. The van der Waals surface area contributed by atoms with E-state index in [1.54, 1.807) is 23.5 Å². The smallest absolute Gasteiger partial charge is 0.236 e. The lowest BCUT2D eigenvalue weighted by atomic mass is 10.2. The maximum Gasteiger partial charge on any atom is 0.236 e. The Balaban J connectivity index is 1.60. The molecule has 0 unspecified atom stereocenters. The summed E-state index contributed by atoms with van der Waals surface area (Å²) in [5, 5.41) is 8.56. The Kier molecular flexibility index (Phi) is 7.47. The van der Waals surface area contributed by atoms with Gasteiger partial charge in [0, 0.05) is 19.6 Å². The molecule has 0 spiro atoms. The second-order valence-electron chi connectivity index (χ2n) is 7.36. The Bertz CT molecular complexity index is 1010. The third-order valence-electron chi connectivity index (χ3n) is 5.26. The molecule has 2 heterocycles. The van der Waals surface area contributed by atoms with Crippen LogP contribution in [0.1, 0.15) is 26.1 Å². The van der Waals surface area contributed by atoms with Crippen LogP contribution < -0.4 is 9.47 Å². The van der Waals surface area contributed by atoms with Crippen molar-refractivity contribution in [3.8, 4) is 11.5 Å². The molecule has 11 heteroatoms. The van der Waals surface area contributed by atoms with E-state index in [9.17, 15) is 13.2 Å². The lowest BCUT2D eigenvalue weighted by Gasteiger charge is -2.29. The van der Waals surface area contributed by atoms with Gasteiger partial charge in [-0.1, -0.05) is 11.8 Å². The van der Waals surface area contributed by atoms with Crippen LogP contribution in [-0.4, -0.2) is 70.4 Å². The summed E-state index contributed by atoms with van der Waals surface area (Å²) >= 11 is 1.30. The summed E-state index contributed by atoms with van der Waals surface area (Å²) in [6, 6.07) is 7.01. The van der Waals surface area contributed by atoms with Gasteiger partial charge in [0.2, 0.25) is 5.91 Å². The quantitative estimate of drug-likeness (QED) is 0.514. The lowest BCUT2D eigenvalue weighted by Crippen LogP contribution is -2.44. The summed E-state index contributed by atoms with van der Waals surface area (Å²) in [5.74, 6) is 2.16. The molecule has 1 fully saturated rings. The fourth-order valence-electron chi connectivity index (χ4n) is 3.45. The van der Waals surface area contributed by atoms with E-state index in [1.807, 2.05) is 38.2 Å². The van der Waals surface area contributed by atoms with Gasteiger partial charge in [0.25, 0.3) is 0 Å². The van der Waals surface area contributed by atoms with Crippen molar-refractivity contribution in [1.82, 2.24) is 19.7 Å². The molecule has 1 aliphatic heterocycles. The first-order chi connectivity index (χ1) is 14.7. The highest BCUT2D eigenvalue weighted by atomic mass is 32.2. The van der Waals surface area contributed by atoms with E-state index in [1.165, 1.54) is 11.8 Å². The van der Waals surface area contributed by atoms with E-state index in [0.29, 0.717) is 29.7 Å². The molecule has 1 saturated heterocycles. The van der Waals surface area contributed by atoms with Gasteiger partial charge in [0.05, 0.1) is 23.9 Å². The summed E-state index contributed by atoms with van der Waals surface area (Å²) in [6.07, 6.45) is 0.496. The van der Waals surface area contributed by atoms with Gasteiger partial charge in [-0.25, -0.2) is 8.42 Å². The maximum atomic E-state index is 13.0. The van der Waals surface area contributed by atoms with Gasteiger partial charge < -0.3 is 18.9 Å². The second-order valence-corrected chi connectivity index (χ2v) is 10.9. The van der Waals surface area contributed by atoms with Crippen LogP contribution in [0.2, 0.25) is 0 Å². The minimum Gasteiger partial charge on any atom is -0.497 e. The number of nitrogens with zero attached hydrogens (tertiary/aromatic N) is 4. The number of aromatic nitrogens is 3. The van der Waals surface area contributed by atoms with Crippen LogP contribution in [0.3, 0.4) is 0 Å². The molecule has 0 aliphatic carbocycles. The van der Waals surface area contributed by atoms with Crippen LogP contribution in [0.4, 0.5) is 0 Å². The van der Waals surface area contributed by atoms with Crippen LogP contribution >= 0.6 is 11.8 Å². The van der Waals surface area contributed by atoms with Gasteiger partial charge in [-0.15, -0.1) is 10.2 Å². The van der Waals surface area contributed by atoms with Gasteiger partial charge in [-0.05, 0) is 44.5 Å². The number of carbonyl (C=O) groups excluding carboxylic acids is 1. The zero-order chi connectivity index (χ0) is 22.6. The van der Waals surface area contributed by atoms with Crippen LogP contribution in [0.15, 0.2) is 29.4 Å². The third-order valence-corrected chi connectivity index (χ3v) is 8.13. The van der Waals surface area contributed by atoms with Crippen molar-refractivity contribution in [2.45, 2.75) is 43.3 Å². The number of methoxy groups -OCH3 is 1. The van der Waals surface area contributed by atoms with Gasteiger partial charge in [-0.3, -0.25) is 4.79 Å². The Labute approximate surface area is 187 Å². The maximum absolute atomic E-state index is 13.0. The van der Waals surface area contributed by atoms with Crippen molar-refractivity contribution >= 4 is 27.5 Å². The molecule has 170 valence electrons. The Morgan fingerprint density at radius 1 is 1.29 bits per heavy atom. The predicted octanol–water partition coefficient (Wildman–Crippen LogP) is 1.92. The molecule has 0 saturated carbocycles. The van der Waals surface area contributed by atoms with Gasteiger partial charge in [-0.2, -0.15) is 0 Å². The summed E-state index contributed by atoms with van der Waals surface area (Å²) in [4.78, 5) is 14.6. The van der Waals surface area contributed by atoms with Gasteiger partial charge in [0.15, 0.2) is 20.8 Å². The van der Waals surface area contributed by atoms with E-state index >= 15 is 0 Å². The molecule has 1 aromatic heterocycles. The van der Waals surface area contributed by atoms with Crippen LogP contribution in [0.5, 0.6) is 11.5 Å². The Morgan fingerprint density at radius 3 is 2.55 bits per heavy atom. The standard InChI is InChI=1S/C20H28N4O5S2/c1-5-24(15-10-11-31(26,27)13-15)19(25)14(2)30-20-22-21-18(23(20)3)12-29-17-8-6-16(28-4)7-9-17/h6-9,14-15H,5,10-13H2,1-4H3/t14-,15-/m1/s1. The minimum absolute atomic E-state index is 0.0424. The molecule has 9 nitrogen and oxygen atoms in total. The molecule has 2 atom stereocenters. The number of sulfone groups is 1. The molecule has 1 amide bonds. The highest BCUT2D eigenvalue weighted by Crippen LogP contribution is 2.26. The van der Waals surface area contributed by atoms with Crippen molar-refractivity contribution in [1.29, 1.82) is 0 Å². The van der Waals surface area contributed by atoms with Gasteiger partial charge >= 0.3 is 0 Å². The number of carbonyl (C=O) groups is 1. The molecule has 3 rings (SSSR count). The summed E-state index contributed by atoms with van der Waals surface area (Å²) in [5.41, 5.74) is 0. The zero-order valence-corrected chi connectivity index (χ0v) is 19.8. The first-order valence-corrected chi connectivity index (χ1v) is 12.8. The highest BCUT2D eigenvalue weighted by Gasteiger charge is 2.35. The molecule has 2 aromatic rings. The van der Waals surface area contributed by atoms with Crippen LogP contribution in [0.25, 0.3) is 0 Å². The highest BCUT2D eigenvalue weighted by molar-refractivity contribution is 8.00. The zero-order valence-electron chi connectivity index (χ0n) is 18.1. The first-order valence-electron chi connectivity index (χ1n) is 10.1. The number of rotatable bonds is 9. The molecule has 0 bridgehead atoms. The van der Waals surface area contributed by atoms with Crippen molar-refractivity contribution in [2.75, 3.05) is 25.2 Å². The molecule has 1 aromatic carbocycles. The minimum atomic E-state index is -3.05.